The van der Waals surface area contributed by atoms with Crippen molar-refractivity contribution in [3.8, 4) is 5.88 Å². The molecule has 8 heteroatoms. The van der Waals surface area contributed by atoms with E-state index < -0.39 is 0 Å². The Bertz CT molecular complexity index is 460. The standard InChI is InChI=1S/C9H11N5O3/c1-17-8-2-5(11-9(10)13-8)14-3-6(15)12-7(16)4-14/h2H,3-4H2,1H3,(H2,10,11,13)(H,12,15,16). The Balaban J connectivity index is 2.29. The molecule has 1 aliphatic heterocycles. The van der Waals surface area contributed by atoms with Crippen LogP contribution in [0.1, 0.15) is 0 Å². The molecule has 0 saturated carbocycles. The Labute approximate surface area is 96.8 Å². The first-order valence-electron chi connectivity index (χ1n) is 4.84. The molecule has 17 heavy (non-hydrogen) atoms. The van der Waals surface area contributed by atoms with Gasteiger partial charge in [0.25, 0.3) is 0 Å². The molecule has 3 N–H and O–H groups in total. The fraction of sp³-hybridized carbons (Fsp3) is 0.333. The predicted octanol–water partition coefficient (Wildman–Crippen LogP) is -1.47. The molecule has 1 aliphatic rings. The quantitative estimate of drug-likeness (QED) is 0.604. The maximum Gasteiger partial charge on any atom is 0.246 e. The summed E-state index contributed by atoms with van der Waals surface area (Å²) >= 11 is 0. The molecular weight excluding hydrogens is 226 g/mol. The molecule has 0 aliphatic carbocycles. The summed E-state index contributed by atoms with van der Waals surface area (Å²) in [5, 5.41) is 2.20. The Hall–Kier alpha value is -2.38. The highest BCUT2D eigenvalue weighted by Gasteiger charge is 2.24. The number of nitrogens with two attached hydrogens (primary N) is 1. The van der Waals surface area contributed by atoms with Crippen molar-refractivity contribution in [3.05, 3.63) is 6.07 Å². The topological polar surface area (TPSA) is 110 Å². The number of aromatic nitrogens is 2. The maximum absolute atomic E-state index is 11.2. The monoisotopic (exact) mass is 237 g/mol. The smallest absolute Gasteiger partial charge is 0.246 e. The van der Waals surface area contributed by atoms with Crippen molar-refractivity contribution in [2.24, 2.45) is 0 Å². The van der Waals surface area contributed by atoms with E-state index in [1.54, 1.807) is 0 Å². The van der Waals surface area contributed by atoms with Crippen LogP contribution in [-0.4, -0.2) is 42.0 Å². The lowest BCUT2D eigenvalue weighted by Gasteiger charge is -2.26. The van der Waals surface area contributed by atoms with Crippen molar-refractivity contribution < 1.29 is 14.3 Å². The Kier molecular flexibility index (Phi) is 2.77. The van der Waals surface area contributed by atoms with Crippen molar-refractivity contribution in [1.29, 1.82) is 0 Å². The Morgan fingerprint density at radius 2 is 2.00 bits per heavy atom. The normalized spacial score (nSPS) is 15.7. The third-order valence-corrected chi connectivity index (χ3v) is 2.19. The number of ether oxygens (including phenoxy) is 1. The molecule has 1 aromatic rings. The number of hydrogen-bond acceptors (Lipinski definition) is 7. The number of imide groups is 1. The third-order valence-electron chi connectivity index (χ3n) is 2.19. The number of amides is 2. The summed E-state index contributed by atoms with van der Waals surface area (Å²) in [5.74, 6) is -0.0592. The molecule has 1 saturated heterocycles. The van der Waals surface area contributed by atoms with E-state index >= 15 is 0 Å². The molecule has 1 aromatic heterocycles. The van der Waals surface area contributed by atoms with Gasteiger partial charge >= 0.3 is 0 Å². The average molecular weight is 237 g/mol. The van der Waals surface area contributed by atoms with Crippen molar-refractivity contribution >= 4 is 23.6 Å². The van der Waals surface area contributed by atoms with E-state index in [0.29, 0.717) is 5.82 Å². The lowest BCUT2D eigenvalue weighted by atomic mass is 10.3. The molecule has 0 bridgehead atoms. The van der Waals surface area contributed by atoms with E-state index in [4.69, 9.17) is 10.5 Å². The number of nitrogen functional groups attached to an aromatic ring is 1. The number of methoxy groups -OCH3 is 1. The molecule has 0 spiro atoms. The van der Waals surface area contributed by atoms with Crippen molar-refractivity contribution in [2.75, 3.05) is 30.8 Å². The van der Waals surface area contributed by atoms with E-state index in [-0.39, 0.29) is 36.7 Å². The summed E-state index contributed by atoms with van der Waals surface area (Å²) in [7, 11) is 1.44. The van der Waals surface area contributed by atoms with E-state index in [9.17, 15) is 9.59 Å². The van der Waals surface area contributed by atoms with E-state index in [1.165, 1.54) is 18.1 Å². The van der Waals surface area contributed by atoms with Gasteiger partial charge in [-0.15, -0.1) is 0 Å². The van der Waals surface area contributed by atoms with Crippen LogP contribution in [0.4, 0.5) is 11.8 Å². The minimum Gasteiger partial charge on any atom is -0.481 e. The van der Waals surface area contributed by atoms with Crippen molar-refractivity contribution in [2.45, 2.75) is 0 Å². The highest BCUT2D eigenvalue weighted by atomic mass is 16.5. The van der Waals surface area contributed by atoms with Gasteiger partial charge in [-0.1, -0.05) is 0 Å². The van der Waals surface area contributed by atoms with Crippen LogP contribution >= 0.6 is 0 Å². The van der Waals surface area contributed by atoms with Gasteiger partial charge in [0.05, 0.1) is 20.2 Å². The molecule has 2 heterocycles. The minimum atomic E-state index is -0.377. The highest BCUT2D eigenvalue weighted by Crippen LogP contribution is 2.18. The molecule has 1 fully saturated rings. The zero-order valence-electron chi connectivity index (χ0n) is 9.14. The van der Waals surface area contributed by atoms with E-state index in [1.807, 2.05) is 0 Å². The second kappa shape index (κ2) is 4.24. The first kappa shape index (κ1) is 11.1. The van der Waals surface area contributed by atoms with Crippen LogP contribution in [0, 0.1) is 0 Å². The number of carbonyl (C=O) groups is 2. The van der Waals surface area contributed by atoms with Crippen LogP contribution in [-0.2, 0) is 9.59 Å². The van der Waals surface area contributed by atoms with Gasteiger partial charge in [0.2, 0.25) is 23.6 Å². The zero-order valence-corrected chi connectivity index (χ0v) is 9.14. The van der Waals surface area contributed by atoms with Gasteiger partial charge in [0, 0.05) is 6.07 Å². The average Bonchev–Trinajstić information content (AvgIpc) is 2.26. The molecular formula is C9H11N5O3. The molecule has 0 radical (unpaired) electrons. The summed E-state index contributed by atoms with van der Waals surface area (Å²) in [6.07, 6.45) is 0. The number of hydrogen-bond donors (Lipinski definition) is 2. The number of nitrogens with zero attached hydrogens (tertiary/aromatic N) is 3. The SMILES string of the molecule is COc1cc(N2CC(=O)NC(=O)C2)nc(N)n1. The number of anilines is 2. The van der Waals surface area contributed by atoms with Crippen molar-refractivity contribution in [3.63, 3.8) is 0 Å². The van der Waals surface area contributed by atoms with Crippen LogP contribution in [0.15, 0.2) is 6.07 Å². The number of rotatable bonds is 2. The van der Waals surface area contributed by atoms with Gasteiger partial charge in [0.15, 0.2) is 0 Å². The minimum absolute atomic E-state index is 0.0257. The first-order valence-corrected chi connectivity index (χ1v) is 4.84. The fourth-order valence-corrected chi connectivity index (χ4v) is 1.50. The van der Waals surface area contributed by atoms with Crippen LogP contribution in [0.2, 0.25) is 0 Å². The summed E-state index contributed by atoms with van der Waals surface area (Å²) in [6.45, 7) is 0.0939. The summed E-state index contributed by atoms with van der Waals surface area (Å²) in [5.41, 5.74) is 5.50. The maximum atomic E-state index is 11.2. The van der Waals surface area contributed by atoms with Gasteiger partial charge in [0.1, 0.15) is 5.82 Å². The van der Waals surface area contributed by atoms with Gasteiger partial charge in [-0.3, -0.25) is 14.9 Å². The number of nitrogens with one attached hydrogen (secondary N) is 1. The lowest BCUT2D eigenvalue weighted by molar-refractivity contribution is -0.130. The zero-order chi connectivity index (χ0) is 12.4. The van der Waals surface area contributed by atoms with Crippen molar-refractivity contribution in [1.82, 2.24) is 15.3 Å². The summed E-state index contributed by atoms with van der Waals surface area (Å²) in [4.78, 5) is 31.7. The molecule has 2 amide bonds. The molecule has 0 aromatic carbocycles. The second-order valence-corrected chi connectivity index (χ2v) is 3.45. The first-order chi connectivity index (χ1) is 8.08. The van der Waals surface area contributed by atoms with Crippen LogP contribution < -0.4 is 20.7 Å². The van der Waals surface area contributed by atoms with Gasteiger partial charge in [-0.05, 0) is 0 Å². The van der Waals surface area contributed by atoms with E-state index in [2.05, 4.69) is 15.3 Å². The molecule has 8 nitrogen and oxygen atoms in total. The largest absolute Gasteiger partial charge is 0.481 e. The Morgan fingerprint density at radius 1 is 1.35 bits per heavy atom. The van der Waals surface area contributed by atoms with Gasteiger partial charge in [-0.2, -0.15) is 9.97 Å². The predicted molar refractivity (Wildman–Crippen MR) is 58.4 cm³/mol. The fourth-order valence-electron chi connectivity index (χ4n) is 1.50. The number of piperazine rings is 1. The third kappa shape index (κ3) is 2.41. The Morgan fingerprint density at radius 3 is 2.59 bits per heavy atom. The van der Waals surface area contributed by atoms with E-state index in [0.717, 1.165) is 0 Å². The van der Waals surface area contributed by atoms with Gasteiger partial charge in [-0.25, -0.2) is 0 Å². The lowest BCUT2D eigenvalue weighted by Crippen LogP contribution is -2.51. The molecule has 0 atom stereocenters. The number of carbonyl (C=O) groups excluding carboxylic acids is 2. The van der Waals surface area contributed by atoms with Crippen LogP contribution in [0.5, 0.6) is 5.88 Å². The highest BCUT2D eigenvalue weighted by molar-refractivity contribution is 6.02. The summed E-state index contributed by atoms with van der Waals surface area (Å²) < 4.78 is 4.94. The molecule has 0 unspecified atom stereocenters. The molecule has 90 valence electrons. The second-order valence-electron chi connectivity index (χ2n) is 3.45. The molecule has 2 rings (SSSR count). The van der Waals surface area contributed by atoms with Crippen LogP contribution in [0.25, 0.3) is 0 Å². The summed E-state index contributed by atoms with van der Waals surface area (Å²) in [6, 6.07) is 1.52. The van der Waals surface area contributed by atoms with Gasteiger partial charge < -0.3 is 15.4 Å². The van der Waals surface area contributed by atoms with Crippen LogP contribution in [0.3, 0.4) is 0 Å².